The van der Waals surface area contributed by atoms with Crippen LogP contribution in [0.2, 0.25) is 0 Å². The van der Waals surface area contributed by atoms with E-state index >= 15 is 0 Å². The van der Waals surface area contributed by atoms with Gasteiger partial charge in [-0.3, -0.25) is 15.1 Å². The molecule has 0 bridgehead atoms. The van der Waals surface area contributed by atoms with E-state index in [1.54, 1.807) is 6.07 Å². The van der Waals surface area contributed by atoms with Crippen molar-refractivity contribution in [1.82, 2.24) is 10.3 Å². The molecule has 1 fully saturated rings. The molecule has 1 aromatic heterocycles. The van der Waals surface area contributed by atoms with Crippen LogP contribution >= 0.6 is 0 Å². The Hall–Kier alpha value is -1.37. The summed E-state index contributed by atoms with van der Waals surface area (Å²) in [6, 6.07) is 1.80. The summed E-state index contributed by atoms with van der Waals surface area (Å²) >= 11 is 0. The first-order valence-electron chi connectivity index (χ1n) is 5.95. The number of carbonyl (C=O) groups is 1. The SMILES string of the molecule is CC1(C)COCCN1Cc1ccoc1C(=O)NN. The Balaban J connectivity index is 2.14. The van der Waals surface area contributed by atoms with Crippen LogP contribution in [0.4, 0.5) is 0 Å². The lowest BCUT2D eigenvalue weighted by molar-refractivity contribution is -0.0554. The number of carbonyl (C=O) groups excluding carboxylic acids is 1. The number of furan rings is 1. The second-order valence-corrected chi connectivity index (χ2v) is 5.04. The number of hydrogen-bond donors (Lipinski definition) is 2. The first kappa shape index (κ1) is 13.1. The van der Waals surface area contributed by atoms with Gasteiger partial charge in [0.05, 0.1) is 19.5 Å². The van der Waals surface area contributed by atoms with E-state index in [0.29, 0.717) is 19.8 Å². The molecule has 0 atom stereocenters. The summed E-state index contributed by atoms with van der Waals surface area (Å²) in [4.78, 5) is 13.8. The Kier molecular flexibility index (Phi) is 3.70. The van der Waals surface area contributed by atoms with E-state index in [0.717, 1.165) is 12.1 Å². The molecule has 1 aliphatic heterocycles. The smallest absolute Gasteiger partial charge is 0.301 e. The largest absolute Gasteiger partial charge is 0.459 e. The maximum atomic E-state index is 11.5. The van der Waals surface area contributed by atoms with Gasteiger partial charge in [-0.25, -0.2) is 5.84 Å². The van der Waals surface area contributed by atoms with Crippen molar-refractivity contribution in [2.45, 2.75) is 25.9 Å². The fourth-order valence-electron chi connectivity index (χ4n) is 2.11. The van der Waals surface area contributed by atoms with Crippen molar-refractivity contribution >= 4 is 5.91 Å². The fraction of sp³-hybridized carbons (Fsp3) is 0.583. The molecular weight excluding hydrogens is 234 g/mol. The summed E-state index contributed by atoms with van der Waals surface area (Å²) in [6.45, 7) is 7.12. The minimum Gasteiger partial charge on any atom is -0.459 e. The molecule has 0 spiro atoms. The molecule has 18 heavy (non-hydrogen) atoms. The van der Waals surface area contributed by atoms with Gasteiger partial charge in [0, 0.05) is 24.2 Å². The van der Waals surface area contributed by atoms with E-state index in [-0.39, 0.29) is 11.3 Å². The second-order valence-electron chi connectivity index (χ2n) is 5.04. The minimum absolute atomic E-state index is 0.0496. The highest BCUT2D eigenvalue weighted by molar-refractivity contribution is 5.92. The van der Waals surface area contributed by atoms with Crippen molar-refractivity contribution in [3.05, 3.63) is 23.7 Å². The lowest BCUT2D eigenvalue weighted by Crippen LogP contribution is -2.52. The van der Waals surface area contributed by atoms with Gasteiger partial charge in [0.15, 0.2) is 5.76 Å². The molecule has 1 aromatic rings. The van der Waals surface area contributed by atoms with Crippen LogP contribution in [0.15, 0.2) is 16.7 Å². The van der Waals surface area contributed by atoms with Gasteiger partial charge < -0.3 is 9.15 Å². The van der Waals surface area contributed by atoms with Gasteiger partial charge in [-0.05, 0) is 19.9 Å². The molecule has 1 amide bonds. The molecule has 6 heteroatoms. The number of nitrogens with one attached hydrogen (secondary N) is 1. The van der Waals surface area contributed by atoms with Crippen molar-refractivity contribution < 1.29 is 13.9 Å². The minimum atomic E-state index is -0.402. The van der Waals surface area contributed by atoms with Crippen LogP contribution in [-0.4, -0.2) is 36.1 Å². The molecule has 0 aliphatic carbocycles. The molecule has 2 rings (SSSR count). The van der Waals surface area contributed by atoms with Crippen molar-refractivity contribution in [2.24, 2.45) is 5.84 Å². The zero-order chi connectivity index (χ0) is 13.2. The normalized spacial score (nSPS) is 19.7. The molecule has 2 heterocycles. The molecule has 0 unspecified atom stereocenters. The van der Waals surface area contributed by atoms with Crippen LogP contribution in [0.1, 0.15) is 30.0 Å². The summed E-state index contributed by atoms with van der Waals surface area (Å²) in [5, 5.41) is 0. The van der Waals surface area contributed by atoms with Gasteiger partial charge in [-0.1, -0.05) is 0 Å². The number of ether oxygens (including phenoxy) is 1. The number of nitrogens with two attached hydrogens (primary N) is 1. The summed E-state index contributed by atoms with van der Waals surface area (Å²) < 4.78 is 10.6. The third-order valence-corrected chi connectivity index (χ3v) is 3.26. The number of nitrogens with zero attached hydrogens (tertiary/aromatic N) is 1. The highest BCUT2D eigenvalue weighted by Crippen LogP contribution is 2.23. The predicted molar refractivity (Wildman–Crippen MR) is 65.7 cm³/mol. The molecule has 100 valence electrons. The van der Waals surface area contributed by atoms with Crippen molar-refractivity contribution in [2.75, 3.05) is 19.8 Å². The van der Waals surface area contributed by atoms with Crippen LogP contribution < -0.4 is 11.3 Å². The number of hydrogen-bond acceptors (Lipinski definition) is 5. The Morgan fingerprint density at radius 3 is 3.06 bits per heavy atom. The quantitative estimate of drug-likeness (QED) is 0.465. The first-order valence-corrected chi connectivity index (χ1v) is 5.95. The monoisotopic (exact) mass is 253 g/mol. The number of nitrogen functional groups attached to an aromatic ring is 1. The van der Waals surface area contributed by atoms with Gasteiger partial charge in [0.25, 0.3) is 0 Å². The van der Waals surface area contributed by atoms with Crippen LogP contribution in [0, 0.1) is 0 Å². The average molecular weight is 253 g/mol. The standard InChI is InChI=1S/C12H19N3O3/c1-12(2)8-17-6-4-15(12)7-9-3-5-18-10(9)11(16)14-13/h3,5H,4,6-8,13H2,1-2H3,(H,14,16). The molecule has 1 saturated heterocycles. The molecule has 3 N–H and O–H groups in total. The van der Waals surface area contributed by atoms with E-state index in [4.69, 9.17) is 15.0 Å². The molecule has 0 aromatic carbocycles. The first-order chi connectivity index (χ1) is 8.54. The van der Waals surface area contributed by atoms with Crippen LogP contribution in [-0.2, 0) is 11.3 Å². The lowest BCUT2D eigenvalue weighted by Gasteiger charge is -2.42. The predicted octanol–water partition coefficient (Wildman–Crippen LogP) is 0.494. The summed E-state index contributed by atoms with van der Waals surface area (Å²) in [6.07, 6.45) is 1.51. The number of rotatable bonds is 3. The molecular formula is C12H19N3O3. The van der Waals surface area contributed by atoms with E-state index < -0.39 is 5.91 Å². The second kappa shape index (κ2) is 5.09. The molecule has 6 nitrogen and oxygen atoms in total. The topological polar surface area (TPSA) is 80.7 Å². The third-order valence-electron chi connectivity index (χ3n) is 3.26. The van der Waals surface area contributed by atoms with E-state index in [2.05, 4.69) is 24.2 Å². The Morgan fingerprint density at radius 2 is 2.39 bits per heavy atom. The van der Waals surface area contributed by atoms with Crippen molar-refractivity contribution in [3.63, 3.8) is 0 Å². The van der Waals surface area contributed by atoms with E-state index in [1.165, 1.54) is 6.26 Å². The van der Waals surface area contributed by atoms with Crippen molar-refractivity contribution in [1.29, 1.82) is 0 Å². The third kappa shape index (κ3) is 2.55. The molecule has 0 saturated carbocycles. The number of hydrazine groups is 1. The zero-order valence-corrected chi connectivity index (χ0v) is 10.7. The van der Waals surface area contributed by atoms with E-state index in [9.17, 15) is 4.79 Å². The van der Waals surface area contributed by atoms with Crippen molar-refractivity contribution in [3.8, 4) is 0 Å². The van der Waals surface area contributed by atoms with Gasteiger partial charge >= 0.3 is 5.91 Å². The Morgan fingerprint density at radius 1 is 1.61 bits per heavy atom. The number of morpholine rings is 1. The maximum Gasteiger partial charge on any atom is 0.301 e. The summed E-state index contributed by atoms with van der Waals surface area (Å²) in [7, 11) is 0. The van der Waals surface area contributed by atoms with Crippen LogP contribution in [0.5, 0.6) is 0 Å². The average Bonchev–Trinajstić information content (AvgIpc) is 2.79. The van der Waals surface area contributed by atoms with Crippen LogP contribution in [0.25, 0.3) is 0 Å². The highest BCUT2D eigenvalue weighted by atomic mass is 16.5. The van der Waals surface area contributed by atoms with Gasteiger partial charge in [-0.2, -0.15) is 0 Å². The highest BCUT2D eigenvalue weighted by Gasteiger charge is 2.31. The Labute approximate surface area is 106 Å². The van der Waals surface area contributed by atoms with E-state index in [1.807, 2.05) is 0 Å². The number of amides is 1. The lowest BCUT2D eigenvalue weighted by atomic mass is 10.0. The summed E-state index contributed by atoms with van der Waals surface area (Å²) in [5.74, 6) is 5.00. The van der Waals surface area contributed by atoms with Crippen LogP contribution in [0.3, 0.4) is 0 Å². The molecule has 1 aliphatic rings. The van der Waals surface area contributed by atoms with Gasteiger partial charge in [0.1, 0.15) is 0 Å². The molecule has 0 radical (unpaired) electrons. The zero-order valence-electron chi connectivity index (χ0n) is 10.7. The van der Waals surface area contributed by atoms with Gasteiger partial charge in [0.2, 0.25) is 0 Å². The Bertz CT molecular complexity index is 428. The maximum absolute atomic E-state index is 11.5. The van der Waals surface area contributed by atoms with Gasteiger partial charge in [-0.15, -0.1) is 0 Å². The fourth-order valence-corrected chi connectivity index (χ4v) is 2.11. The summed E-state index contributed by atoms with van der Waals surface area (Å²) in [5.41, 5.74) is 2.88.